The fraction of sp³-hybridized carbons (Fsp3) is 0.250. The molecule has 0 aliphatic carbocycles. The van der Waals surface area contributed by atoms with E-state index in [1.54, 1.807) is 6.07 Å². The summed E-state index contributed by atoms with van der Waals surface area (Å²) < 4.78 is 29.5. The largest absolute Gasteiger partial charge is 0.481 e. The number of ether oxygens (including phenoxy) is 1. The number of hydrogen-bond acceptors (Lipinski definition) is 3. The standard InChI is InChI=1S/C8H5ClF2N2O/c1-14-5-2-4(3-12)6(8(10)11)7(9)13-5/h2,8H,1H3. The van der Waals surface area contributed by atoms with Crippen LogP contribution in [-0.4, -0.2) is 12.1 Å². The predicted octanol–water partition coefficient (Wildman–Crippen LogP) is 2.55. The maximum Gasteiger partial charge on any atom is 0.268 e. The van der Waals surface area contributed by atoms with Crippen molar-refractivity contribution >= 4 is 11.6 Å². The van der Waals surface area contributed by atoms with E-state index in [1.807, 2.05) is 0 Å². The fourth-order valence-corrected chi connectivity index (χ4v) is 1.17. The Morgan fingerprint density at radius 2 is 2.29 bits per heavy atom. The smallest absolute Gasteiger partial charge is 0.268 e. The van der Waals surface area contributed by atoms with E-state index in [2.05, 4.69) is 9.72 Å². The number of hydrogen-bond donors (Lipinski definition) is 0. The summed E-state index contributed by atoms with van der Waals surface area (Å²) in [6, 6.07) is 2.73. The molecule has 1 heterocycles. The number of aromatic nitrogens is 1. The average molecular weight is 219 g/mol. The van der Waals surface area contributed by atoms with Crippen molar-refractivity contribution in [2.75, 3.05) is 7.11 Å². The van der Waals surface area contributed by atoms with E-state index in [0.717, 1.165) is 6.07 Å². The third kappa shape index (κ3) is 1.91. The van der Waals surface area contributed by atoms with Gasteiger partial charge in [0.2, 0.25) is 5.88 Å². The van der Waals surface area contributed by atoms with Crippen LogP contribution in [-0.2, 0) is 0 Å². The maximum absolute atomic E-state index is 12.4. The first-order chi connectivity index (χ1) is 6.60. The summed E-state index contributed by atoms with van der Waals surface area (Å²) in [7, 11) is 1.31. The first-order valence-corrected chi connectivity index (χ1v) is 3.90. The quantitative estimate of drug-likeness (QED) is 0.717. The second-order valence-electron chi connectivity index (χ2n) is 2.33. The Labute approximate surface area is 83.9 Å². The van der Waals surface area contributed by atoms with Crippen LogP contribution in [0.4, 0.5) is 8.78 Å². The summed E-state index contributed by atoms with van der Waals surface area (Å²) in [4.78, 5) is 3.53. The van der Waals surface area contributed by atoms with Crippen LogP contribution in [0.25, 0.3) is 0 Å². The Hall–Kier alpha value is -1.41. The molecule has 0 radical (unpaired) electrons. The summed E-state index contributed by atoms with van der Waals surface area (Å²) >= 11 is 5.46. The maximum atomic E-state index is 12.4. The third-order valence-corrected chi connectivity index (χ3v) is 1.82. The Morgan fingerprint density at radius 1 is 1.64 bits per heavy atom. The minimum atomic E-state index is -2.82. The van der Waals surface area contributed by atoms with E-state index in [1.165, 1.54) is 7.11 Å². The molecule has 0 bridgehead atoms. The highest BCUT2D eigenvalue weighted by molar-refractivity contribution is 6.30. The number of rotatable bonds is 2. The number of alkyl halides is 2. The average Bonchev–Trinajstić information content (AvgIpc) is 2.15. The molecule has 6 heteroatoms. The Balaban J connectivity index is 3.37. The monoisotopic (exact) mass is 218 g/mol. The van der Waals surface area contributed by atoms with Gasteiger partial charge in [0, 0.05) is 6.07 Å². The van der Waals surface area contributed by atoms with E-state index in [4.69, 9.17) is 16.9 Å². The van der Waals surface area contributed by atoms with Gasteiger partial charge in [-0.25, -0.2) is 13.8 Å². The van der Waals surface area contributed by atoms with Gasteiger partial charge in [0.05, 0.1) is 24.3 Å². The molecule has 0 spiro atoms. The molecule has 14 heavy (non-hydrogen) atoms. The van der Waals surface area contributed by atoms with Gasteiger partial charge in [0.25, 0.3) is 6.43 Å². The molecular weight excluding hydrogens is 214 g/mol. The first kappa shape index (κ1) is 10.7. The van der Waals surface area contributed by atoms with Crippen LogP contribution < -0.4 is 4.74 Å². The number of halogens is 3. The lowest BCUT2D eigenvalue weighted by atomic mass is 10.1. The van der Waals surface area contributed by atoms with Gasteiger partial charge in [-0.1, -0.05) is 11.6 Å². The molecule has 0 fully saturated rings. The van der Waals surface area contributed by atoms with Crippen molar-refractivity contribution in [2.24, 2.45) is 0 Å². The third-order valence-electron chi connectivity index (χ3n) is 1.54. The van der Waals surface area contributed by atoms with Crippen LogP contribution in [0.1, 0.15) is 17.6 Å². The van der Waals surface area contributed by atoms with Crippen molar-refractivity contribution in [3.05, 3.63) is 22.3 Å². The highest BCUT2D eigenvalue weighted by Gasteiger charge is 2.19. The highest BCUT2D eigenvalue weighted by Crippen LogP contribution is 2.30. The van der Waals surface area contributed by atoms with E-state index in [9.17, 15) is 8.78 Å². The normalized spacial score (nSPS) is 10.0. The molecule has 1 aromatic rings. The van der Waals surface area contributed by atoms with Crippen molar-refractivity contribution < 1.29 is 13.5 Å². The summed E-state index contributed by atoms with van der Waals surface area (Å²) in [6.07, 6.45) is -2.82. The van der Waals surface area contributed by atoms with Gasteiger partial charge >= 0.3 is 0 Å². The van der Waals surface area contributed by atoms with E-state index in [-0.39, 0.29) is 11.4 Å². The number of methoxy groups -OCH3 is 1. The van der Waals surface area contributed by atoms with Crippen molar-refractivity contribution in [1.29, 1.82) is 5.26 Å². The molecule has 0 aromatic carbocycles. The molecule has 1 rings (SSSR count). The van der Waals surface area contributed by atoms with E-state index in [0.29, 0.717) is 0 Å². The zero-order chi connectivity index (χ0) is 10.7. The number of nitriles is 1. The van der Waals surface area contributed by atoms with Crippen molar-refractivity contribution in [1.82, 2.24) is 4.98 Å². The van der Waals surface area contributed by atoms with Crippen LogP contribution in [0.15, 0.2) is 6.07 Å². The summed E-state index contributed by atoms with van der Waals surface area (Å²) in [6.45, 7) is 0. The molecule has 0 amide bonds. The van der Waals surface area contributed by atoms with Crippen LogP contribution in [0, 0.1) is 11.3 Å². The van der Waals surface area contributed by atoms with Crippen LogP contribution in [0.5, 0.6) is 5.88 Å². The zero-order valence-electron chi connectivity index (χ0n) is 7.09. The van der Waals surface area contributed by atoms with Crippen molar-refractivity contribution in [2.45, 2.75) is 6.43 Å². The molecule has 0 aliphatic heterocycles. The Morgan fingerprint density at radius 3 is 2.71 bits per heavy atom. The highest BCUT2D eigenvalue weighted by atomic mass is 35.5. The molecule has 0 unspecified atom stereocenters. The molecule has 3 nitrogen and oxygen atoms in total. The summed E-state index contributed by atoms with van der Waals surface area (Å²) in [5.74, 6) is 0.0379. The first-order valence-electron chi connectivity index (χ1n) is 3.52. The van der Waals surface area contributed by atoms with Gasteiger partial charge < -0.3 is 4.74 Å². The van der Waals surface area contributed by atoms with Gasteiger partial charge in [0.15, 0.2) is 0 Å². The Kier molecular flexibility index (Phi) is 3.20. The lowest BCUT2D eigenvalue weighted by molar-refractivity contribution is 0.150. The second-order valence-corrected chi connectivity index (χ2v) is 2.69. The zero-order valence-corrected chi connectivity index (χ0v) is 7.85. The van der Waals surface area contributed by atoms with Gasteiger partial charge in [-0.05, 0) is 0 Å². The summed E-state index contributed by atoms with van der Waals surface area (Å²) in [5.41, 5.74) is -0.785. The molecule has 74 valence electrons. The van der Waals surface area contributed by atoms with Crippen molar-refractivity contribution in [3.8, 4) is 11.9 Å². The Bertz CT molecular complexity index is 390. The number of pyridine rings is 1. The lowest BCUT2D eigenvalue weighted by Gasteiger charge is -2.06. The van der Waals surface area contributed by atoms with Gasteiger partial charge in [-0.15, -0.1) is 0 Å². The minimum Gasteiger partial charge on any atom is -0.481 e. The molecule has 0 atom stereocenters. The molecule has 1 aromatic heterocycles. The molecule has 0 N–H and O–H groups in total. The number of nitrogens with zero attached hydrogens (tertiary/aromatic N) is 2. The summed E-state index contributed by atoms with van der Waals surface area (Å²) in [5, 5.41) is 8.18. The van der Waals surface area contributed by atoms with Crippen molar-refractivity contribution in [3.63, 3.8) is 0 Å². The molecule has 0 saturated carbocycles. The minimum absolute atomic E-state index is 0.0379. The van der Waals surface area contributed by atoms with Crippen LogP contribution in [0.2, 0.25) is 5.15 Å². The van der Waals surface area contributed by atoms with Gasteiger partial charge in [-0.2, -0.15) is 5.26 Å². The van der Waals surface area contributed by atoms with E-state index < -0.39 is 17.1 Å². The predicted molar refractivity (Wildman–Crippen MR) is 45.5 cm³/mol. The van der Waals surface area contributed by atoms with Crippen LogP contribution >= 0.6 is 11.6 Å². The topological polar surface area (TPSA) is 45.9 Å². The van der Waals surface area contributed by atoms with Gasteiger partial charge in [-0.3, -0.25) is 0 Å². The molecular formula is C8H5ClF2N2O. The molecule has 0 saturated heterocycles. The van der Waals surface area contributed by atoms with Crippen LogP contribution in [0.3, 0.4) is 0 Å². The van der Waals surface area contributed by atoms with E-state index >= 15 is 0 Å². The fourth-order valence-electron chi connectivity index (χ4n) is 0.906. The molecule has 0 aliphatic rings. The lowest BCUT2D eigenvalue weighted by Crippen LogP contribution is -1.97. The SMILES string of the molecule is COc1cc(C#N)c(C(F)F)c(Cl)n1. The second kappa shape index (κ2) is 4.20. The van der Waals surface area contributed by atoms with Gasteiger partial charge in [0.1, 0.15) is 5.15 Å².